The van der Waals surface area contributed by atoms with Crippen molar-refractivity contribution in [2.75, 3.05) is 0 Å². The van der Waals surface area contributed by atoms with Gasteiger partial charge in [0.1, 0.15) is 0 Å². The number of phenols is 3. The van der Waals surface area contributed by atoms with E-state index in [-0.39, 0.29) is 11.5 Å². The molecule has 0 amide bonds. The van der Waals surface area contributed by atoms with Crippen LogP contribution in [0, 0.1) is 0 Å². The average molecular weight is 258 g/mol. The third kappa shape index (κ3) is 2.12. The van der Waals surface area contributed by atoms with Gasteiger partial charge in [-0.2, -0.15) is 0 Å². The summed E-state index contributed by atoms with van der Waals surface area (Å²) in [5.74, 6) is -0.875. The highest BCUT2D eigenvalue weighted by Crippen LogP contribution is 2.47. The maximum absolute atomic E-state index is 10.0. The molecule has 0 saturated carbocycles. The third-order valence-corrected chi connectivity index (χ3v) is 3.39. The van der Waals surface area contributed by atoms with Crippen LogP contribution in [0.5, 0.6) is 17.2 Å². The summed E-state index contributed by atoms with van der Waals surface area (Å²) in [5, 5.41) is 29.9. The summed E-state index contributed by atoms with van der Waals surface area (Å²) in [6, 6.07) is 9.61. The Labute approximate surface area is 112 Å². The molecule has 2 rings (SSSR count). The van der Waals surface area contributed by atoms with E-state index in [1.165, 1.54) is 0 Å². The number of benzene rings is 2. The average Bonchev–Trinajstić information content (AvgIpc) is 2.45. The first-order valence-corrected chi connectivity index (χ1v) is 6.45. The van der Waals surface area contributed by atoms with Crippen molar-refractivity contribution in [3.63, 3.8) is 0 Å². The fraction of sp³-hybridized carbons (Fsp3) is 0.250. The number of hydrogen-bond donors (Lipinski definition) is 3. The summed E-state index contributed by atoms with van der Waals surface area (Å²) in [6.07, 6.45) is 1.16. The van der Waals surface area contributed by atoms with Crippen LogP contribution in [0.25, 0.3) is 11.1 Å². The molecule has 2 aromatic carbocycles. The molecule has 0 atom stereocenters. The number of rotatable bonds is 3. The molecular formula is C16H18O3. The minimum absolute atomic E-state index is 0.226. The first-order chi connectivity index (χ1) is 9.11. The van der Waals surface area contributed by atoms with E-state index in [2.05, 4.69) is 0 Å². The Bertz CT molecular complexity index is 558. The van der Waals surface area contributed by atoms with Crippen LogP contribution in [0.1, 0.15) is 25.0 Å². The number of phenolic OH excluding ortho intramolecular Hbond substituents is 3. The lowest BCUT2D eigenvalue weighted by molar-refractivity contribution is 0.363. The lowest BCUT2D eigenvalue weighted by atomic mass is 9.90. The molecule has 0 aliphatic carbocycles. The maximum Gasteiger partial charge on any atom is 0.200 e. The predicted molar refractivity (Wildman–Crippen MR) is 75.6 cm³/mol. The largest absolute Gasteiger partial charge is 0.504 e. The smallest absolute Gasteiger partial charge is 0.200 e. The molecular weight excluding hydrogens is 240 g/mol. The Morgan fingerprint density at radius 2 is 1.21 bits per heavy atom. The van der Waals surface area contributed by atoms with Crippen LogP contribution >= 0.6 is 0 Å². The van der Waals surface area contributed by atoms with Crippen molar-refractivity contribution < 1.29 is 15.3 Å². The van der Waals surface area contributed by atoms with Gasteiger partial charge in [0.2, 0.25) is 5.75 Å². The van der Waals surface area contributed by atoms with E-state index in [1.807, 2.05) is 44.2 Å². The molecule has 0 aromatic heterocycles. The molecule has 0 spiro atoms. The van der Waals surface area contributed by atoms with Crippen LogP contribution in [0.15, 0.2) is 30.3 Å². The topological polar surface area (TPSA) is 60.7 Å². The quantitative estimate of drug-likeness (QED) is 0.737. The molecule has 2 aromatic rings. The van der Waals surface area contributed by atoms with Crippen molar-refractivity contribution >= 4 is 0 Å². The van der Waals surface area contributed by atoms with Crippen LogP contribution in [0.4, 0.5) is 0 Å². The molecule has 0 radical (unpaired) electrons. The molecule has 0 heterocycles. The van der Waals surface area contributed by atoms with Crippen molar-refractivity contribution in [3.05, 3.63) is 41.5 Å². The van der Waals surface area contributed by atoms with Gasteiger partial charge in [-0.25, -0.2) is 0 Å². The Hall–Kier alpha value is -2.16. The van der Waals surface area contributed by atoms with Crippen LogP contribution in [-0.2, 0) is 12.8 Å². The Morgan fingerprint density at radius 1 is 0.737 bits per heavy atom. The van der Waals surface area contributed by atoms with Crippen LogP contribution in [0.3, 0.4) is 0 Å². The van der Waals surface area contributed by atoms with Gasteiger partial charge in [0.05, 0.1) is 0 Å². The fourth-order valence-corrected chi connectivity index (χ4v) is 2.46. The zero-order chi connectivity index (χ0) is 14.0. The monoisotopic (exact) mass is 258 g/mol. The minimum Gasteiger partial charge on any atom is -0.504 e. The first kappa shape index (κ1) is 13.3. The SMILES string of the molecule is CCc1c(O)c(O)c(O)c(CC)c1-c1ccccc1. The van der Waals surface area contributed by atoms with Gasteiger partial charge in [0.25, 0.3) is 0 Å². The van der Waals surface area contributed by atoms with E-state index in [0.717, 1.165) is 11.1 Å². The molecule has 0 fully saturated rings. The zero-order valence-corrected chi connectivity index (χ0v) is 11.1. The van der Waals surface area contributed by atoms with E-state index in [0.29, 0.717) is 24.0 Å². The summed E-state index contributed by atoms with van der Waals surface area (Å²) in [5.41, 5.74) is 3.08. The summed E-state index contributed by atoms with van der Waals surface area (Å²) in [7, 11) is 0. The van der Waals surface area contributed by atoms with Gasteiger partial charge < -0.3 is 15.3 Å². The normalized spacial score (nSPS) is 10.6. The van der Waals surface area contributed by atoms with E-state index in [4.69, 9.17) is 0 Å². The fourth-order valence-electron chi connectivity index (χ4n) is 2.46. The van der Waals surface area contributed by atoms with Gasteiger partial charge in [0, 0.05) is 11.1 Å². The second-order valence-electron chi connectivity index (χ2n) is 4.45. The number of hydrogen-bond acceptors (Lipinski definition) is 3. The molecule has 3 heteroatoms. The molecule has 100 valence electrons. The van der Waals surface area contributed by atoms with Gasteiger partial charge in [0.15, 0.2) is 11.5 Å². The van der Waals surface area contributed by atoms with Gasteiger partial charge in [-0.1, -0.05) is 44.2 Å². The van der Waals surface area contributed by atoms with E-state index in [1.54, 1.807) is 0 Å². The Morgan fingerprint density at radius 3 is 1.63 bits per heavy atom. The van der Waals surface area contributed by atoms with E-state index >= 15 is 0 Å². The lowest BCUT2D eigenvalue weighted by Gasteiger charge is -2.18. The Balaban J connectivity index is 2.85. The molecule has 0 aliphatic heterocycles. The maximum atomic E-state index is 10.0. The van der Waals surface area contributed by atoms with Gasteiger partial charge in [-0.05, 0) is 24.0 Å². The van der Waals surface area contributed by atoms with Crippen LogP contribution in [-0.4, -0.2) is 15.3 Å². The molecule has 3 nitrogen and oxygen atoms in total. The molecule has 0 saturated heterocycles. The molecule has 0 unspecified atom stereocenters. The standard InChI is InChI=1S/C16H18O3/c1-3-11-13(10-8-6-5-7-9-10)12(4-2)15(18)16(19)14(11)17/h5-9,17-19H,3-4H2,1-2H3. The summed E-state index contributed by atoms with van der Waals surface area (Å²) in [6.45, 7) is 3.83. The van der Waals surface area contributed by atoms with Crippen molar-refractivity contribution in [2.45, 2.75) is 26.7 Å². The zero-order valence-electron chi connectivity index (χ0n) is 11.1. The van der Waals surface area contributed by atoms with Crippen molar-refractivity contribution in [2.24, 2.45) is 0 Å². The highest BCUT2D eigenvalue weighted by Gasteiger charge is 2.22. The highest BCUT2D eigenvalue weighted by molar-refractivity contribution is 5.79. The lowest BCUT2D eigenvalue weighted by Crippen LogP contribution is -1.97. The second-order valence-corrected chi connectivity index (χ2v) is 4.45. The van der Waals surface area contributed by atoms with E-state index < -0.39 is 5.75 Å². The highest BCUT2D eigenvalue weighted by atomic mass is 16.3. The molecule has 3 N–H and O–H groups in total. The second kappa shape index (κ2) is 5.22. The Kier molecular flexibility index (Phi) is 3.65. The molecule has 19 heavy (non-hydrogen) atoms. The minimum atomic E-state index is -0.423. The molecule has 0 aliphatic rings. The van der Waals surface area contributed by atoms with Gasteiger partial charge >= 0.3 is 0 Å². The summed E-state index contributed by atoms with van der Waals surface area (Å²) in [4.78, 5) is 0. The van der Waals surface area contributed by atoms with Crippen molar-refractivity contribution in [1.29, 1.82) is 0 Å². The van der Waals surface area contributed by atoms with Gasteiger partial charge in [-0.3, -0.25) is 0 Å². The predicted octanol–water partition coefficient (Wildman–Crippen LogP) is 3.60. The first-order valence-electron chi connectivity index (χ1n) is 6.45. The third-order valence-electron chi connectivity index (χ3n) is 3.39. The number of aromatic hydroxyl groups is 3. The summed E-state index contributed by atoms with van der Waals surface area (Å²) < 4.78 is 0. The summed E-state index contributed by atoms with van der Waals surface area (Å²) >= 11 is 0. The van der Waals surface area contributed by atoms with E-state index in [9.17, 15) is 15.3 Å². The van der Waals surface area contributed by atoms with Crippen LogP contribution < -0.4 is 0 Å². The van der Waals surface area contributed by atoms with Gasteiger partial charge in [-0.15, -0.1) is 0 Å². The van der Waals surface area contributed by atoms with Crippen molar-refractivity contribution in [1.82, 2.24) is 0 Å². The van der Waals surface area contributed by atoms with Crippen molar-refractivity contribution in [3.8, 4) is 28.4 Å². The van der Waals surface area contributed by atoms with Crippen LogP contribution in [0.2, 0.25) is 0 Å². The molecule has 0 bridgehead atoms.